The smallest absolute Gasteiger partial charge is 0.269 e. The first-order chi connectivity index (χ1) is 7.00. The number of hydrogen-bond acceptors (Lipinski definition) is 4. The molecule has 4 N–H and O–H groups in total. The van der Waals surface area contributed by atoms with Crippen LogP contribution in [-0.4, -0.2) is 15.0 Å². The molecule has 1 aromatic carbocycles. The van der Waals surface area contributed by atoms with Crippen molar-refractivity contribution in [1.29, 1.82) is 0 Å². The maximum Gasteiger partial charge on any atom is 0.269 e. The lowest BCUT2D eigenvalue weighted by Crippen LogP contribution is -2.40. The first kappa shape index (κ1) is 11.3. The molecule has 0 atom stereocenters. The molecule has 1 rings (SSSR count). The monoisotopic (exact) mass is 226 g/mol. The largest absolute Gasteiger partial charge is 0.375 e. The van der Waals surface area contributed by atoms with Crippen LogP contribution in [0.5, 0.6) is 0 Å². The maximum absolute atomic E-state index is 10.4. The van der Waals surface area contributed by atoms with E-state index in [9.17, 15) is 10.1 Å². The van der Waals surface area contributed by atoms with Crippen LogP contribution in [-0.2, 0) is 6.54 Å². The van der Waals surface area contributed by atoms with Crippen LogP contribution in [0.1, 0.15) is 5.56 Å². The topological polar surface area (TPSA) is 98.4 Å². The van der Waals surface area contributed by atoms with Gasteiger partial charge in [-0.2, -0.15) is 0 Å². The summed E-state index contributed by atoms with van der Waals surface area (Å²) in [7, 11) is 0. The molecule has 0 aliphatic rings. The number of hydrazine groups is 1. The van der Waals surface area contributed by atoms with Gasteiger partial charge in [-0.05, 0) is 17.8 Å². The van der Waals surface area contributed by atoms with E-state index in [0.717, 1.165) is 5.56 Å². The highest BCUT2D eigenvalue weighted by molar-refractivity contribution is 7.80. The first-order valence-electron chi connectivity index (χ1n) is 4.05. The van der Waals surface area contributed by atoms with Gasteiger partial charge in [-0.1, -0.05) is 12.1 Å². The van der Waals surface area contributed by atoms with Crippen molar-refractivity contribution < 1.29 is 4.92 Å². The van der Waals surface area contributed by atoms with E-state index in [4.69, 9.17) is 11.6 Å². The summed E-state index contributed by atoms with van der Waals surface area (Å²) >= 11 is 4.66. The van der Waals surface area contributed by atoms with E-state index in [2.05, 4.69) is 12.2 Å². The number of nitrogens with zero attached hydrogens (tertiary/aromatic N) is 2. The number of nitro benzene ring substituents is 1. The minimum absolute atomic E-state index is 0.0395. The zero-order valence-corrected chi connectivity index (χ0v) is 8.61. The van der Waals surface area contributed by atoms with Gasteiger partial charge in [-0.3, -0.25) is 15.1 Å². The third-order valence-electron chi connectivity index (χ3n) is 1.78. The average Bonchev–Trinajstić information content (AvgIpc) is 2.18. The second-order valence-corrected chi connectivity index (χ2v) is 3.31. The molecule has 0 aliphatic carbocycles. The van der Waals surface area contributed by atoms with Crippen LogP contribution in [0.3, 0.4) is 0 Å². The van der Waals surface area contributed by atoms with Crippen LogP contribution in [0.2, 0.25) is 0 Å². The third kappa shape index (κ3) is 3.15. The molecule has 0 amide bonds. The number of nitrogens with two attached hydrogens (primary N) is 2. The summed E-state index contributed by atoms with van der Waals surface area (Å²) in [6, 6.07) is 6.03. The van der Waals surface area contributed by atoms with Crippen LogP contribution in [0, 0.1) is 10.1 Å². The SMILES string of the molecule is NC(=S)N(N)Cc1ccc([N+](=O)[O-])cc1. The van der Waals surface area contributed by atoms with Gasteiger partial charge in [-0.25, -0.2) is 5.84 Å². The lowest BCUT2D eigenvalue weighted by Gasteiger charge is -2.15. The Hall–Kier alpha value is -1.73. The van der Waals surface area contributed by atoms with E-state index >= 15 is 0 Å². The molecule has 0 bridgehead atoms. The van der Waals surface area contributed by atoms with Gasteiger partial charge in [-0.15, -0.1) is 0 Å². The lowest BCUT2D eigenvalue weighted by molar-refractivity contribution is -0.384. The zero-order chi connectivity index (χ0) is 11.4. The molecule has 0 spiro atoms. The molecule has 1 aromatic rings. The quantitative estimate of drug-likeness (QED) is 0.337. The van der Waals surface area contributed by atoms with Gasteiger partial charge in [0.2, 0.25) is 0 Å². The Morgan fingerprint density at radius 1 is 1.47 bits per heavy atom. The second kappa shape index (κ2) is 4.67. The number of thiocarbonyl (C=S) groups is 1. The molecule has 0 saturated heterocycles. The van der Waals surface area contributed by atoms with E-state index in [1.807, 2.05) is 0 Å². The van der Waals surface area contributed by atoms with E-state index in [-0.39, 0.29) is 10.8 Å². The molecule has 0 aromatic heterocycles. The number of rotatable bonds is 3. The summed E-state index contributed by atoms with van der Waals surface area (Å²) in [6.45, 7) is 0.327. The maximum atomic E-state index is 10.4. The van der Waals surface area contributed by atoms with Crippen molar-refractivity contribution in [3.63, 3.8) is 0 Å². The lowest BCUT2D eigenvalue weighted by atomic mass is 10.2. The molecular weight excluding hydrogens is 216 g/mol. The van der Waals surface area contributed by atoms with Crippen LogP contribution < -0.4 is 11.6 Å². The molecule has 6 nitrogen and oxygen atoms in total. The molecule has 0 aliphatic heterocycles. The molecule has 0 saturated carbocycles. The van der Waals surface area contributed by atoms with Gasteiger partial charge in [0.05, 0.1) is 11.5 Å². The third-order valence-corrected chi connectivity index (χ3v) is 2.02. The Morgan fingerprint density at radius 3 is 2.40 bits per heavy atom. The predicted octanol–water partition coefficient (Wildman–Crippen LogP) is 0.514. The van der Waals surface area contributed by atoms with Crippen molar-refractivity contribution >= 4 is 23.0 Å². The number of benzene rings is 1. The van der Waals surface area contributed by atoms with Crippen LogP contribution in [0.15, 0.2) is 24.3 Å². The summed E-state index contributed by atoms with van der Waals surface area (Å²) in [5, 5.41) is 11.6. The number of nitro groups is 1. The first-order valence-corrected chi connectivity index (χ1v) is 4.46. The Bertz CT molecular complexity index is 379. The molecule has 15 heavy (non-hydrogen) atoms. The summed E-state index contributed by atoms with van der Waals surface area (Å²) in [4.78, 5) is 9.91. The molecule has 0 unspecified atom stereocenters. The normalized spacial score (nSPS) is 9.67. The number of hydrogen-bond donors (Lipinski definition) is 2. The van der Waals surface area contributed by atoms with Crippen molar-refractivity contribution in [2.24, 2.45) is 11.6 Å². The zero-order valence-electron chi connectivity index (χ0n) is 7.79. The summed E-state index contributed by atoms with van der Waals surface area (Å²) < 4.78 is 0. The average molecular weight is 226 g/mol. The molecule has 0 heterocycles. The Balaban J connectivity index is 2.72. The molecular formula is C8H10N4O2S. The van der Waals surface area contributed by atoms with Gasteiger partial charge in [0.15, 0.2) is 5.11 Å². The number of non-ortho nitro benzene ring substituents is 1. The highest BCUT2D eigenvalue weighted by Gasteiger charge is 2.06. The highest BCUT2D eigenvalue weighted by Crippen LogP contribution is 2.12. The Kier molecular flexibility index (Phi) is 3.53. The Morgan fingerprint density at radius 2 is 2.00 bits per heavy atom. The van der Waals surface area contributed by atoms with Gasteiger partial charge in [0, 0.05) is 12.1 Å². The fraction of sp³-hybridized carbons (Fsp3) is 0.125. The van der Waals surface area contributed by atoms with E-state index in [0.29, 0.717) is 6.54 Å². The molecule has 80 valence electrons. The van der Waals surface area contributed by atoms with Crippen LogP contribution >= 0.6 is 12.2 Å². The molecule has 7 heteroatoms. The minimum Gasteiger partial charge on any atom is -0.375 e. The van der Waals surface area contributed by atoms with Crippen molar-refractivity contribution in [1.82, 2.24) is 5.01 Å². The van der Waals surface area contributed by atoms with Crippen molar-refractivity contribution in [3.05, 3.63) is 39.9 Å². The van der Waals surface area contributed by atoms with Gasteiger partial charge < -0.3 is 5.73 Å². The van der Waals surface area contributed by atoms with E-state index in [1.165, 1.54) is 17.1 Å². The van der Waals surface area contributed by atoms with Gasteiger partial charge in [0.25, 0.3) is 5.69 Å². The summed E-state index contributed by atoms with van der Waals surface area (Å²) in [6.07, 6.45) is 0. The second-order valence-electron chi connectivity index (χ2n) is 2.89. The predicted molar refractivity (Wildman–Crippen MR) is 59.6 cm³/mol. The molecule has 0 radical (unpaired) electrons. The summed E-state index contributed by atoms with van der Waals surface area (Å²) in [5.74, 6) is 5.48. The van der Waals surface area contributed by atoms with E-state index in [1.54, 1.807) is 12.1 Å². The van der Waals surface area contributed by atoms with E-state index < -0.39 is 4.92 Å². The molecule has 0 fully saturated rings. The summed E-state index contributed by atoms with van der Waals surface area (Å²) in [5.41, 5.74) is 6.13. The van der Waals surface area contributed by atoms with Crippen LogP contribution in [0.25, 0.3) is 0 Å². The van der Waals surface area contributed by atoms with Crippen molar-refractivity contribution in [2.45, 2.75) is 6.54 Å². The van der Waals surface area contributed by atoms with Crippen LogP contribution in [0.4, 0.5) is 5.69 Å². The minimum atomic E-state index is -0.461. The standard InChI is InChI=1S/C8H10N4O2S/c9-8(15)11(10)5-6-1-3-7(4-2-6)12(13)14/h1-4H,5,10H2,(H2,9,15). The highest BCUT2D eigenvalue weighted by atomic mass is 32.1. The fourth-order valence-corrected chi connectivity index (χ4v) is 1.06. The van der Waals surface area contributed by atoms with Crippen molar-refractivity contribution in [3.8, 4) is 0 Å². The van der Waals surface area contributed by atoms with Gasteiger partial charge in [0.1, 0.15) is 0 Å². The van der Waals surface area contributed by atoms with Gasteiger partial charge >= 0.3 is 0 Å². The Labute approximate surface area is 91.6 Å². The van der Waals surface area contributed by atoms with Crippen molar-refractivity contribution in [2.75, 3.05) is 0 Å². The fourth-order valence-electron chi connectivity index (χ4n) is 0.998.